The van der Waals surface area contributed by atoms with Crippen LogP contribution in [0.25, 0.3) is 0 Å². The predicted octanol–water partition coefficient (Wildman–Crippen LogP) is 4.24. The molecule has 1 atom stereocenters. The van der Waals surface area contributed by atoms with Crippen molar-refractivity contribution < 1.29 is 14.3 Å². The van der Waals surface area contributed by atoms with E-state index < -0.39 is 12.1 Å². The SMILES string of the molecule is Cc1ccc(NC(=O)[C@H](C)OC(=O)c2cc(C)n(C3CC3)c2C)c(C)c1. The van der Waals surface area contributed by atoms with Crippen LogP contribution in [0.5, 0.6) is 0 Å². The van der Waals surface area contributed by atoms with E-state index >= 15 is 0 Å². The molecule has 0 spiro atoms. The fourth-order valence-corrected chi connectivity index (χ4v) is 3.34. The van der Waals surface area contributed by atoms with Gasteiger partial charge in [0.2, 0.25) is 0 Å². The number of esters is 1. The van der Waals surface area contributed by atoms with Crippen LogP contribution in [0.1, 0.15) is 58.7 Å². The number of carbonyl (C=O) groups excluding carboxylic acids is 2. The zero-order valence-electron chi connectivity index (χ0n) is 16.1. The van der Waals surface area contributed by atoms with E-state index in [9.17, 15) is 9.59 Å². The zero-order valence-corrected chi connectivity index (χ0v) is 16.1. The second-order valence-electron chi connectivity index (χ2n) is 7.24. The molecule has 0 radical (unpaired) electrons. The van der Waals surface area contributed by atoms with Gasteiger partial charge in [0.05, 0.1) is 5.56 Å². The molecule has 26 heavy (non-hydrogen) atoms. The molecule has 0 unspecified atom stereocenters. The van der Waals surface area contributed by atoms with E-state index in [1.807, 2.05) is 52.0 Å². The Bertz CT molecular complexity index is 862. The van der Waals surface area contributed by atoms with E-state index in [-0.39, 0.29) is 5.91 Å². The molecule has 1 amide bonds. The van der Waals surface area contributed by atoms with Crippen LogP contribution < -0.4 is 5.32 Å². The number of hydrogen-bond donors (Lipinski definition) is 1. The Kier molecular flexibility index (Phi) is 4.90. The summed E-state index contributed by atoms with van der Waals surface area (Å²) in [5.41, 5.74) is 5.35. The third-order valence-corrected chi connectivity index (χ3v) is 4.91. The largest absolute Gasteiger partial charge is 0.449 e. The second-order valence-corrected chi connectivity index (χ2v) is 7.24. The van der Waals surface area contributed by atoms with Crippen molar-refractivity contribution in [3.63, 3.8) is 0 Å². The highest BCUT2D eigenvalue weighted by Gasteiger charge is 2.29. The molecule has 1 aliphatic rings. The maximum absolute atomic E-state index is 12.5. The maximum Gasteiger partial charge on any atom is 0.340 e. The summed E-state index contributed by atoms with van der Waals surface area (Å²) in [7, 11) is 0. The number of nitrogens with one attached hydrogen (secondary N) is 1. The van der Waals surface area contributed by atoms with Crippen LogP contribution >= 0.6 is 0 Å². The van der Waals surface area contributed by atoms with Gasteiger partial charge >= 0.3 is 5.97 Å². The number of ether oxygens (including phenoxy) is 1. The first-order valence-corrected chi connectivity index (χ1v) is 9.05. The second kappa shape index (κ2) is 6.98. The van der Waals surface area contributed by atoms with Gasteiger partial charge in [0.15, 0.2) is 6.10 Å². The Balaban J connectivity index is 1.67. The molecule has 1 fully saturated rings. The molecule has 2 aromatic rings. The molecule has 1 saturated carbocycles. The number of rotatable bonds is 5. The smallest absolute Gasteiger partial charge is 0.340 e. The summed E-state index contributed by atoms with van der Waals surface area (Å²) in [5, 5.41) is 2.83. The van der Waals surface area contributed by atoms with Crippen LogP contribution in [-0.2, 0) is 9.53 Å². The lowest BCUT2D eigenvalue weighted by molar-refractivity contribution is -0.123. The molecule has 1 N–H and O–H groups in total. The number of aryl methyl sites for hydroxylation is 3. The van der Waals surface area contributed by atoms with Gasteiger partial charge in [-0.15, -0.1) is 0 Å². The summed E-state index contributed by atoms with van der Waals surface area (Å²) in [5.74, 6) is -0.783. The number of anilines is 1. The van der Waals surface area contributed by atoms with Gasteiger partial charge in [0.25, 0.3) is 5.91 Å². The first-order valence-electron chi connectivity index (χ1n) is 9.05. The van der Waals surface area contributed by atoms with Crippen molar-refractivity contribution in [2.45, 2.75) is 59.6 Å². The van der Waals surface area contributed by atoms with Gasteiger partial charge in [-0.25, -0.2) is 4.79 Å². The Morgan fingerprint density at radius 2 is 1.85 bits per heavy atom. The number of carbonyl (C=O) groups is 2. The van der Waals surface area contributed by atoms with Crippen molar-refractivity contribution in [2.75, 3.05) is 5.32 Å². The Morgan fingerprint density at radius 3 is 2.46 bits per heavy atom. The molecule has 0 aliphatic heterocycles. The lowest BCUT2D eigenvalue weighted by atomic mass is 10.1. The Morgan fingerprint density at radius 1 is 1.15 bits per heavy atom. The van der Waals surface area contributed by atoms with Crippen LogP contribution in [0.2, 0.25) is 0 Å². The van der Waals surface area contributed by atoms with Gasteiger partial charge in [-0.05, 0) is 65.2 Å². The molecule has 5 heteroatoms. The highest BCUT2D eigenvalue weighted by atomic mass is 16.5. The Hall–Kier alpha value is -2.56. The molecule has 1 aromatic carbocycles. The molecule has 1 aliphatic carbocycles. The third-order valence-electron chi connectivity index (χ3n) is 4.91. The van der Waals surface area contributed by atoms with Crippen molar-refractivity contribution in [3.05, 3.63) is 52.3 Å². The van der Waals surface area contributed by atoms with Gasteiger partial charge in [0, 0.05) is 23.1 Å². The summed E-state index contributed by atoms with van der Waals surface area (Å²) in [6, 6.07) is 8.15. The van der Waals surface area contributed by atoms with Crippen LogP contribution in [0.3, 0.4) is 0 Å². The standard InChI is InChI=1S/C21H26N2O3/c1-12-6-9-19(13(2)10-12)22-20(24)16(5)26-21(25)18-11-14(3)23(15(18)4)17-7-8-17/h6,9-11,16-17H,7-8H2,1-5H3,(H,22,24)/t16-/m0/s1. The van der Waals surface area contributed by atoms with E-state index in [1.54, 1.807) is 6.92 Å². The first kappa shape index (κ1) is 18.2. The minimum absolute atomic E-state index is 0.332. The molecule has 0 bridgehead atoms. The highest BCUT2D eigenvalue weighted by molar-refractivity contribution is 5.98. The molecular weight excluding hydrogens is 328 g/mol. The molecular formula is C21H26N2O3. The lowest BCUT2D eigenvalue weighted by Gasteiger charge is -2.15. The number of aromatic nitrogens is 1. The summed E-state index contributed by atoms with van der Waals surface area (Å²) < 4.78 is 7.61. The number of nitrogens with zero attached hydrogens (tertiary/aromatic N) is 1. The van der Waals surface area contributed by atoms with Gasteiger partial charge in [0.1, 0.15) is 0 Å². The quantitative estimate of drug-likeness (QED) is 0.817. The highest BCUT2D eigenvalue weighted by Crippen LogP contribution is 2.38. The topological polar surface area (TPSA) is 60.3 Å². The fraction of sp³-hybridized carbons (Fsp3) is 0.429. The average molecular weight is 354 g/mol. The van der Waals surface area contributed by atoms with Crippen molar-refractivity contribution in [1.82, 2.24) is 4.57 Å². The summed E-state index contributed by atoms with van der Waals surface area (Å²) in [4.78, 5) is 24.9. The van der Waals surface area contributed by atoms with Crippen molar-refractivity contribution >= 4 is 17.6 Å². The first-order chi connectivity index (χ1) is 12.3. The zero-order chi connectivity index (χ0) is 19.0. The molecule has 1 heterocycles. The third kappa shape index (κ3) is 3.66. The molecule has 0 saturated heterocycles. The van der Waals surface area contributed by atoms with E-state index in [4.69, 9.17) is 4.74 Å². The van der Waals surface area contributed by atoms with Crippen molar-refractivity contribution in [2.24, 2.45) is 0 Å². The number of amides is 1. The monoisotopic (exact) mass is 354 g/mol. The summed E-state index contributed by atoms with van der Waals surface area (Å²) in [6.07, 6.45) is 1.44. The average Bonchev–Trinajstić information content (AvgIpc) is 3.35. The van der Waals surface area contributed by atoms with E-state index in [2.05, 4.69) is 9.88 Å². The van der Waals surface area contributed by atoms with Crippen LogP contribution in [0, 0.1) is 27.7 Å². The number of hydrogen-bond acceptors (Lipinski definition) is 3. The van der Waals surface area contributed by atoms with Gasteiger partial charge in [-0.2, -0.15) is 0 Å². The predicted molar refractivity (Wildman–Crippen MR) is 102 cm³/mol. The molecule has 138 valence electrons. The van der Waals surface area contributed by atoms with Crippen molar-refractivity contribution in [3.8, 4) is 0 Å². The van der Waals surface area contributed by atoms with Gasteiger partial charge < -0.3 is 14.6 Å². The number of benzene rings is 1. The maximum atomic E-state index is 12.5. The van der Waals surface area contributed by atoms with Crippen LogP contribution in [-0.4, -0.2) is 22.5 Å². The van der Waals surface area contributed by atoms with Crippen LogP contribution in [0.15, 0.2) is 24.3 Å². The normalized spacial score (nSPS) is 14.8. The fourth-order valence-electron chi connectivity index (χ4n) is 3.34. The van der Waals surface area contributed by atoms with E-state index in [1.165, 1.54) is 0 Å². The van der Waals surface area contributed by atoms with Gasteiger partial charge in [-0.1, -0.05) is 17.7 Å². The molecule has 3 rings (SSSR count). The minimum atomic E-state index is -0.868. The van der Waals surface area contributed by atoms with E-state index in [0.717, 1.165) is 41.0 Å². The van der Waals surface area contributed by atoms with Crippen molar-refractivity contribution in [1.29, 1.82) is 0 Å². The summed E-state index contributed by atoms with van der Waals surface area (Å²) >= 11 is 0. The minimum Gasteiger partial charge on any atom is -0.449 e. The molecule has 5 nitrogen and oxygen atoms in total. The van der Waals surface area contributed by atoms with E-state index in [0.29, 0.717) is 11.6 Å². The summed E-state index contributed by atoms with van der Waals surface area (Å²) in [6.45, 7) is 9.46. The Labute approximate surface area is 154 Å². The van der Waals surface area contributed by atoms with Crippen LogP contribution in [0.4, 0.5) is 5.69 Å². The molecule has 1 aromatic heterocycles. The van der Waals surface area contributed by atoms with Gasteiger partial charge in [-0.3, -0.25) is 4.79 Å². The lowest BCUT2D eigenvalue weighted by Crippen LogP contribution is -2.30.